The van der Waals surface area contributed by atoms with E-state index in [1.165, 1.54) is 0 Å². The van der Waals surface area contributed by atoms with Crippen molar-refractivity contribution >= 4 is 11.9 Å². The number of hydrogen-bond donors (Lipinski definition) is 3. The first-order chi connectivity index (χ1) is 9.52. The molecule has 0 aromatic carbocycles. The van der Waals surface area contributed by atoms with Crippen LogP contribution in [0, 0.1) is 0 Å². The van der Waals surface area contributed by atoms with E-state index in [1.807, 2.05) is 6.92 Å². The van der Waals surface area contributed by atoms with E-state index in [-0.39, 0.29) is 11.9 Å². The molecular formula is C13H26N4O3. The summed E-state index contributed by atoms with van der Waals surface area (Å²) < 4.78 is 5.30. The van der Waals surface area contributed by atoms with Gasteiger partial charge in [0.2, 0.25) is 5.91 Å². The van der Waals surface area contributed by atoms with E-state index in [0.717, 1.165) is 32.8 Å². The van der Waals surface area contributed by atoms with Gasteiger partial charge >= 0.3 is 6.03 Å². The van der Waals surface area contributed by atoms with E-state index >= 15 is 0 Å². The first-order valence-electron chi connectivity index (χ1n) is 7.17. The first-order valence-corrected chi connectivity index (χ1v) is 7.17. The molecule has 0 aromatic rings. The van der Waals surface area contributed by atoms with Gasteiger partial charge in [0.15, 0.2) is 0 Å². The Hall–Kier alpha value is -1.18. The van der Waals surface area contributed by atoms with Crippen LogP contribution in [0.2, 0.25) is 0 Å². The number of urea groups is 1. The molecule has 20 heavy (non-hydrogen) atoms. The molecule has 2 unspecified atom stereocenters. The van der Waals surface area contributed by atoms with Crippen molar-refractivity contribution in [2.45, 2.75) is 32.9 Å². The fraction of sp³-hybridized carbons (Fsp3) is 0.846. The third kappa shape index (κ3) is 6.31. The molecule has 2 atom stereocenters. The van der Waals surface area contributed by atoms with Crippen LogP contribution >= 0.6 is 0 Å². The quantitative estimate of drug-likeness (QED) is 0.615. The maximum absolute atomic E-state index is 11.8. The van der Waals surface area contributed by atoms with Gasteiger partial charge in [-0.2, -0.15) is 0 Å². The minimum atomic E-state index is -0.452. The Kier molecular flexibility index (Phi) is 7.50. The third-order valence-corrected chi connectivity index (χ3v) is 3.14. The summed E-state index contributed by atoms with van der Waals surface area (Å²) >= 11 is 0. The molecule has 1 aliphatic rings. The molecule has 116 valence electrons. The van der Waals surface area contributed by atoms with Crippen LogP contribution in [0.5, 0.6) is 0 Å². The fourth-order valence-corrected chi connectivity index (χ4v) is 2.15. The zero-order valence-corrected chi connectivity index (χ0v) is 12.6. The van der Waals surface area contributed by atoms with Crippen LogP contribution in [0.15, 0.2) is 0 Å². The van der Waals surface area contributed by atoms with Gasteiger partial charge < -0.3 is 15.4 Å². The van der Waals surface area contributed by atoms with Gasteiger partial charge in [-0.05, 0) is 20.8 Å². The molecule has 0 bridgehead atoms. The van der Waals surface area contributed by atoms with Crippen LogP contribution in [-0.2, 0) is 9.53 Å². The lowest BCUT2D eigenvalue weighted by Gasteiger charge is -2.30. The summed E-state index contributed by atoms with van der Waals surface area (Å²) in [4.78, 5) is 25.4. The Labute approximate surface area is 120 Å². The van der Waals surface area contributed by atoms with Crippen molar-refractivity contribution in [3.63, 3.8) is 0 Å². The SMILES string of the molecule is CCNC(=O)NC(=O)C(C)NC(C)CN1CCOCC1. The fourth-order valence-electron chi connectivity index (χ4n) is 2.15. The highest BCUT2D eigenvalue weighted by Gasteiger charge is 2.19. The lowest BCUT2D eigenvalue weighted by Crippen LogP contribution is -2.52. The summed E-state index contributed by atoms with van der Waals surface area (Å²) in [5.41, 5.74) is 0. The number of carbonyl (C=O) groups is 2. The molecule has 1 heterocycles. The van der Waals surface area contributed by atoms with Crippen LogP contribution in [0.4, 0.5) is 4.79 Å². The Bertz CT molecular complexity index is 319. The molecule has 0 aliphatic carbocycles. The van der Waals surface area contributed by atoms with Crippen LogP contribution < -0.4 is 16.0 Å². The van der Waals surface area contributed by atoms with Crippen molar-refractivity contribution in [2.75, 3.05) is 39.4 Å². The molecule has 0 saturated carbocycles. The lowest BCUT2D eigenvalue weighted by atomic mass is 10.2. The van der Waals surface area contributed by atoms with E-state index in [9.17, 15) is 9.59 Å². The predicted octanol–water partition coefficient (Wildman–Crippen LogP) is -0.469. The predicted molar refractivity (Wildman–Crippen MR) is 76.5 cm³/mol. The van der Waals surface area contributed by atoms with Crippen molar-refractivity contribution in [1.82, 2.24) is 20.9 Å². The van der Waals surface area contributed by atoms with Crippen LogP contribution in [0.25, 0.3) is 0 Å². The van der Waals surface area contributed by atoms with Gasteiger partial charge in [-0.3, -0.25) is 15.0 Å². The Morgan fingerprint density at radius 1 is 1.25 bits per heavy atom. The highest BCUT2D eigenvalue weighted by molar-refractivity contribution is 5.96. The molecule has 3 N–H and O–H groups in total. The molecule has 1 rings (SSSR count). The summed E-state index contributed by atoms with van der Waals surface area (Å²) in [6, 6.07) is -0.691. The second-order valence-electron chi connectivity index (χ2n) is 5.05. The molecule has 1 saturated heterocycles. The standard InChI is InChI=1S/C13H26N4O3/c1-4-14-13(19)16-12(18)11(3)15-10(2)9-17-5-7-20-8-6-17/h10-11,15H,4-9H2,1-3H3,(H2,14,16,18,19). The monoisotopic (exact) mass is 286 g/mol. The van der Waals surface area contributed by atoms with Crippen molar-refractivity contribution in [3.8, 4) is 0 Å². The largest absolute Gasteiger partial charge is 0.379 e. The molecule has 7 heteroatoms. The molecular weight excluding hydrogens is 260 g/mol. The van der Waals surface area contributed by atoms with E-state index in [4.69, 9.17) is 4.74 Å². The number of ether oxygens (including phenoxy) is 1. The minimum absolute atomic E-state index is 0.170. The van der Waals surface area contributed by atoms with Gasteiger partial charge in [-0.15, -0.1) is 0 Å². The van der Waals surface area contributed by atoms with Gasteiger partial charge in [-0.1, -0.05) is 0 Å². The second-order valence-corrected chi connectivity index (χ2v) is 5.05. The average Bonchev–Trinajstić information content (AvgIpc) is 2.39. The number of hydrogen-bond acceptors (Lipinski definition) is 5. The number of imide groups is 1. The van der Waals surface area contributed by atoms with Crippen molar-refractivity contribution < 1.29 is 14.3 Å². The van der Waals surface area contributed by atoms with Crippen molar-refractivity contribution in [3.05, 3.63) is 0 Å². The van der Waals surface area contributed by atoms with Gasteiger partial charge in [0.1, 0.15) is 0 Å². The highest BCUT2D eigenvalue weighted by atomic mass is 16.5. The summed E-state index contributed by atoms with van der Waals surface area (Å²) in [5.74, 6) is -0.315. The number of rotatable bonds is 6. The van der Waals surface area contributed by atoms with Crippen LogP contribution in [-0.4, -0.2) is 68.3 Å². The van der Waals surface area contributed by atoms with E-state index in [1.54, 1.807) is 13.8 Å². The van der Waals surface area contributed by atoms with Gasteiger partial charge in [0.05, 0.1) is 19.3 Å². The number of carbonyl (C=O) groups excluding carboxylic acids is 2. The maximum Gasteiger partial charge on any atom is 0.321 e. The topological polar surface area (TPSA) is 82.7 Å². The zero-order chi connectivity index (χ0) is 15.0. The maximum atomic E-state index is 11.8. The molecule has 7 nitrogen and oxygen atoms in total. The first kappa shape index (κ1) is 16.9. The van der Waals surface area contributed by atoms with Crippen molar-refractivity contribution in [1.29, 1.82) is 0 Å². The normalized spacial score (nSPS) is 19.1. The van der Waals surface area contributed by atoms with E-state index < -0.39 is 12.1 Å². The van der Waals surface area contributed by atoms with Crippen molar-refractivity contribution in [2.24, 2.45) is 0 Å². The molecule has 0 aromatic heterocycles. The number of amides is 3. The molecule has 1 aliphatic heterocycles. The number of nitrogens with zero attached hydrogens (tertiary/aromatic N) is 1. The Morgan fingerprint density at radius 2 is 1.90 bits per heavy atom. The van der Waals surface area contributed by atoms with Crippen LogP contribution in [0.1, 0.15) is 20.8 Å². The zero-order valence-electron chi connectivity index (χ0n) is 12.6. The molecule has 0 radical (unpaired) electrons. The minimum Gasteiger partial charge on any atom is -0.379 e. The smallest absolute Gasteiger partial charge is 0.321 e. The number of morpholine rings is 1. The summed E-state index contributed by atoms with van der Waals surface area (Å²) in [6.45, 7) is 10.3. The number of nitrogens with one attached hydrogen (secondary N) is 3. The summed E-state index contributed by atoms with van der Waals surface area (Å²) in [6.07, 6.45) is 0. The van der Waals surface area contributed by atoms with Gasteiger partial charge in [0, 0.05) is 32.2 Å². The Balaban J connectivity index is 2.27. The van der Waals surface area contributed by atoms with Gasteiger partial charge in [-0.25, -0.2) is 4.79 Å². The molecule has 3 amide bonds. The lowest BCUT2D eigenvalue weighted by molar-refractivity contribution is -0.121. The van der Waals surface area contributed by atoms with Crippen LogP contribution in [0.3, 0.4) is 0 Å². The summed E-state index contributed by atoms with van der Waals surface area (Å²) in [5, 5.41) is 8.03. The average molecular weight is 286 g/mol. The summed E-state index contributed by atoms with van der Waals surface area (Å²) in [7, 11) is 0. The third-order valence-electron chi connectivity index (χ3n) is 3.14. The Morgan fingerprint density at radius 3 is 2.50 bits per heavy atom. The van der Waals surface area contributed by atoms with E-state index in [2.05, 4.69) is 20.9 Å². The van der Waals surface area contributed by atoms with E-state index in [0.29, 0.717) is 6.54 Å². The molecule has 0 spiro atoms. The molecule has 1 fully saturated rings. The highest BCUT2D eigenvalue weighted by Crippen LogP contribution is 1.99. The second kappa shape index (κ2) is 8.89. The van der Waals surface area contributed by atoms with Gasteiger partial charge in [0.25, 0.3) is 0 Å².